The van der Waals surface area contributed by atoms with Gasteiger partial charge in [0.25, 0.3) is 0 Å². The van der Waals surface area contributed by atoms with Crippen LogP contribution in [0.15, 0.2) is 6.33 Å². The third kappa shape index (κ3) is 7.26. The number of imidazole rings is 1. The average molecular weight is 579 g/mol. The summed E-state index contributed by atoms with van der Waals surface area (Å²) in [7, 11) is -16.8. The molecule has 2 aromatic rings. The molecule has 0 radical (unpaired) electrons. The highest BCUT2D eigenvalue weighted by Gasteiger charge is 2.47. The molecule has 3 rings (SSSR count). The van der Waals surface area contributed by atoms with Gasteiger partial charge in [0.1, 0.15) is 18.3 Å². The number of nitrogens with zero attached hydrogens (tertiary/aromatic N) is 4. The maximum Gasteiger partial charge on any atom is 0.490 e. The minimum atomic E-state index is -5.73. The summed E-state index contributed by atoms with van der Waals surface area (Å²) in [6.45, 7) is 3.13. The van der Waals surface area contributed by atoms with Gasteiger partial charge >= 0.3 is 23.5 Å². The van der Waals surface area contributed by atoms with Crippen LogP contribution in [0.25, 0.3) is 11.2 Å². The van der Waals surface area contributed by atoms with Crippen LogP contribution in [0.5, 0.6) is 5.88 Å². The third-order valence-corrected chi connectivity index (χ3v) is 8.19. The second-order valence-corrected chi connectivity index (χ2v) is 12.3. The molecule has 3 heterocycles. The number of nitrogens with two attached hydrogens (primary N) is 1. The van der Waals surface area contributed by atoms with E-state index in [1.54, 1.807) is 0 Å². The van der Waals surface area contributed by atoms with Crippen molar-refractivity contribution >= 4 is 40.6 Å². The SMILES string of the molecule is CC(C)COc1nc(N)nc2c1ncn2[C@H]1O[C@@H](COP(=O)(O)OP(=O)(O)OP(=O)(O)O)[C@H](O)[C@@H]1O. The fraction of sp³-hybridized carbons (Fsp3) is 0.643. The Kier molecular flexibility index (Phi) is 8.59. The predicted octanol–water partition coefficient (Wildman–Crippen LogP) is -0.594. The van der Waals surface area contributed by atoms with Crippen molar-refractivity contribution in [2.24, 2.45) is 5.92 Å². The molecule has 2 aromatic heterocycles. The molecule has 1 fully saturated rings. The number of hydrogen-bond acceptors (Lipinski definition) is 14. The zero-order valence-corrected chi connectivity index (χ0v) is 21.2. The van der Waals surface area contributed by atoms with Gasteiger partial charge in [-0.3, -0.25) is 9.09 Å². The Morgan fingerprint density at radius 1 is 1.08 bits per heavy atom. The number of fused-ring (bicyclic) bond motifs is 1. The second kappa shape index (κ2) is 10.7. The summed E-state index contributed by atoms with van der Waals surface area (Å²) in [5.74, 6) is 0.0474. The summed E-state index contributed by atoms with van der Waals surface area (Å²) in [4.78, 5) is 48.1. The summed E-state index contributed by atoms with van der Waals surface area (Å²) >= 11 is 0. The highest BCUT2D eigenvalue weighted by Crippen LogP contribution is 2.66. The van der Waals surface area contributed by atoms with Crippen LogP contribution in [0.2, 0.25) is 0 Å². The first kappa shape index (κ1) is 29.0. The Balaban J connectivity index is 1.74. The van der Waals surface area contributed by atoms with Crippen molar-refractivity contribution in [2.75, 3.05) is 18.9 Å². The van der Waals surface area contributed by atoms with E-state index in [1.807, 2.05) is 13.8 Å². The lowest BCUT2D eigenvalue weighted by Gasteiger charge is -2.19. The average Bonchev–Trinajstić information content (AvgIpc) is 3.23. The lowest BCUT2D eigenvalue weighted by Crippen LogP contribution is -2.33. The van der Waals surface area contributed by atoms with Crippen molar-refractivity contribution in [3.63, 3.8) is 0 Å². The molecule has 0 aliphatic carbocycles. The number of aliphatic hydroxyl groups is 2. The van der Waals surface area contributed by atoms with Gasteiger partial charge in [-0.1, -0.05) is 13.8 Å². The molecule has 204 valence electrons. The van der Waals surface area contributed by atoms with Crippen molar-refractivity contribution in [2.45, 2.75) is 38.4 Å². The maximum absolute atomic E-state index is 11.9. The van der Waals surface area contributed by atoms with E-state index in [2.05, 4.69) is 28.1 Å². The number of aromatic nitrogens is 4. The first-order valence-electron chi connectivity index (χ1n) is 9.91. The zero-order chi connectivity index (χ0) is 27.1. The monoisotopic (exact) mass is 579 g/mol. The van der Waals surface area contributed by atoms with Crippen LogP contribution in [0.1, 0.15) is 20.1 Å². The largest absolute Gasteiger partial charge is 0.490 e. The number of aliphatic hydroxyl groups excluding tert-OH is 2. The normalized spacial score (nSPS) is 26.2. The molecule has 1 aliphatic rings. The fourth-order valence-electron chi connectivity index (χ4n) is 3.01. The molecular formula is C14H24N5O14P3. The molecule has 0 amide bonds. The molecule has 0 spiro atoms. The summed E-state index contributed by atoms with van der Waals surface area (Å²) < 4.78 is 58.0. The Hall–Kier alpha value is -1.56. The standard InChI is InChI=1S/C14H24N5O14P3/c1-6(2)3-29-12-8-11(17-14(15)18-12)19(5-16-8)13-10(21)9(20)7(31-13)4-30-35(25,26)33-36(27,28)32-34(22,23)24/h5-7,9-10,13,20-21H,3-4H2,1-2H3,(H,25,26)(H,27,28)(H2,15,17,18)(H2,22,23,24)/t7-,9-,10-,13-/m0/s1. The molecule has 1 aliphatic heterocycles. The van der Waals surface area contributed by atoms with E-state index < -0.39 is 54.6 Å². The molecule has 0 aromatic carbocycles. The zero-order valence-electron chi connectivity index (χ0n) is 18.5. The van der Waals surface area contributed by atoms with E-state index >= 15 is 0 Å². The van der Waals surface area contributed by atoms with Gasteiger partial charge < -0.3 is 45.0 Å². The first-order chi connectivity index (χ1) is 16.5. The lowest BCUT2D eigenvalue weighted by atomic mass is 10.1. The highest BCUT2D eigenvalue weighted by atomic mass is 31.3. The Morgan fingerprint density at radius 3 is 2.36 bits per heavy atom. The van der Waals surface area contributed by atoms with Crippen LogP contribution >= 0.6 is 23.5 Å². The molecule has 19 nitrogen and oxygen atoms in total. The molecular weight excluding hydrogens is 555 g/mol. The van der Waals surface area contributed by atoms with Crippen LogP contribution in [-0.4, -0.2) is 80.8 Å². The van der Waals surface area contributed by atoms with Crippen LogP contribution in [-0.2, 0) is 31.6 Å². The Labute approximate surface area is 202 Å². The highest BCUT2D eigenvalue weighted by molar-refractivity contribution is 7.66. The molecule has 6 atom stereocenters. The fourth-order valence-corrected chi connectivity index (χ4v) is 6.04. The molecule has 22 heteroatoms. The lowest BCUT2D eigenvalue weighted by molar-refractivity contribution is -0.0503. The van der Waals surface area contributed by atoms with Crippen LogP contribution in [0.3, 0.4) is 0 Å². The van der Waals surface area contributed by atoms with E-state index in [0.29, 0.717) is 6.61 Å². The van der Waals surface area contributed by atoms with Crippen LogP contribution in [0.4, 0.5) is 5.95 Å². The number of ether oxygens (including phenoxy) is 2. The van der Waals surface area contributed by atoms with Crippen molar-refractivity contribution < 1.29 is 66.1 Å². The second-order valence-electron chi connectivity index (χ2n) is 7.85. The van der Waals surface area contributed by atoms with Gasteiger partial charge in [0.05, 0.1) is 19.5 Å². The first-order valence-corrected chi connectivity index (χ1v) is 14.4. The predicted molar refractivity (Wildman–Crippen MR) is 116 cm³/mol. The van der Waals surface area contributed by atoms with Gasteiger partial charge in [-0.2, -0.15) is 18.6 Å². The minimum absolute atomic E-state index is 0.0715. The van der Waals surface area contributed by atoms with Crippen molar-refractivity contribution in [1.29, 1.82) is 0 Å². The molecule has 8 N–H and O–H groups in total. The van der Waals surface area contributed by atoms with Gasteiger partial charge in [-0.15, -0.1) is 0 Å². The van der Waals surface area contributed by atoms with E-state index in [-0.39, 0.29) is 28.9 Å². The van der Waals surface area contributed by atoms with E-state index in [1.165, 1.54) is 10.9 Å². The summed E-state index contributed by atoms with van der Waals surface area (Å²) in [5.41, 5.74) is 5.99. The molecule has 1 saturated heterocycles. The van der Waals surface area contributed by atoms with Gasteiger partial charge in [0, 0.05) is 0 Å². The number of phosphoric ester groups is 1. The number of rotatable bonds is 11. The van der Waals surface area contributed by atoms with Crippen LogP contribution < -0.4 is 10.5 Å². The topological polar surface area (TPSA) is 288 Å². The molecule has 0 bridgehead atoms. The summed E-state index contributed by atoms with van der Waals surface area (Å²) in [6.07, 6.45) is -5.01. The Morgan fingerprint density at radius 2 is 1.75 bits per heavy atom. The molecule has 36 heavy (non-hydrogen) atoms. The van der Waals surface area contributed by atoms with E-state index in [0.717, 1.165) is 0 Å². The molecule has 2 unspecified atom stereocenters. The summed E-state index contributed by atoms with van der Waals surface area (Å²) in [5, 5.41) is 20.8. The van der Waals surface area contributed by atoms with Crippen molar-refractivity contribution in [1.82, 2.24) is 19.5 Å². The van der Waals surface area contributed by atoms with E-state index in [4.69, 9.17) is 25.0 Å². The quantitative estimate of drug-likeness (QED) is 0.164. The van der Waals surface area contributed by atoms with Crippen molar-refractivity contribution in [3.8, 4) is 5.88 Å². The van der Waals surface area contributed by atoms with Gasteiger partial charge in [-0.05, 0) is 5.92 Å². The molecule has 0 saturated carbocycles. The summed E-state index contributed by atoms with van der Waals surface area (Å²) in [6, 6.07) is 0. The number of phosphoric acid groups is 3. The Bertz CT molecular complexity index is 1240. The van der Waals surface area contributed by atoms with Gasteiger partial charge in [0.15, 0.2) is 17.4 Å². The maximum atomic E-state index is 11.9. The number of anilines is 1. The van der Waals surface area contributed by atoms with Gasteiger partial charge in [-0.25, -0.2) is 18.7 Å². The van der Waals surface area contributed by atoms with Crippen LogP contribution in [0, 0.1) is 5.92 Å². The van der Waals surface area contributed by atoms with Gasteiger partial charge in [0.2, 0.25) is 11.8 Å². The minimum Gasteiger partial charge on any atom is -0.476 e. The number of nitrogen functional groups attached to an aromatic ring is 1. The van der Waals surface area contributed by atoms with Crippen molar-refractivity contribution in [3.05, 3.63) is 6.33 Å². The smallest absolute Gasteiger partial charge is 0.476 e. The number of hydrogen-bond donors (Lipinski definition) is 7. The van der Waals surface area contributed by atoms with E-state index in [9.17, 15) is 33.7 Å². The third-order valence-electron chi connectivity index (χ3n) is 4.39.